The fourth-order valence-electron chi connectivity index (χ4n) is 2.40. The van der Waals surface area contributed by atoms with E-state index in [-0.39, 0.29) is 11.4 Å². The monoisotopic (exact) mass is 342 g/mol. The van der Waals surface area contributed by atoms with Gasteiger partial charge in [0.25, 0.3) is 0 Å². The lowest BCUT2D eigenvalue weighted by Gasteiger charge is -2.41. The number of hydrogen-bond donors (Lipinski definition) is 4. The molecule has 0 spiro atoms. The van der Waals surface area contributed by atoms with Gasteiger partial charge in [0.15, 0.2) is 5.75 Å². The molecule has 1 aromatic carbocycles. The molecule has 10 nitrogen and oxygen atoms in total. The van der Waals surface area contributed by atoms with Crippen LogP contribution in [0.1, 0.15) is 6.92 Å². The van der Waals surface area contributed by atoms with Crippen LogP contribution >= 0.6 is 0 Å². The normalized spacial score (nSPS) is 29.8. The molecule has 1 saturated heterocycles. The van der Waals surface area contributed by atoms with E-state index in [1.54, 1.807) is 0 Å². The Kier molecular flexibility index (Phi) is 5.67. The first-order valence-corrected chi connectivity index (χ1v) is 7.14. The van der Waals surface area contributed by atoms with E-state index in [4.69, 9.17) is 9.47 Å². The number of ether oxygens (including phenoxy) is 2. The van der Waals surface area contributed by atoms with Crippen molar-refractivity contribution in [2.45, 2.75) is 37.6 Å². The molecule has 0 unspecified atom stereocenters. The Morgan fingerprint density at radius 1 is 1.38 bits per heavy atom. The predicted molar refractivity (Wildman–Crippen MR) is 79.1 cm³/mol. The minimum absolute atomic E-state index is 0.136. The molecule has 5 atom stereocenters. The Balaban J connectivity index is 2.30. The van der Waals surface area contributed by atoms with E-state index in [0.29, 0.717) is 0 Å². The van der Waals surface area contributed by atoms with Gasteiger partial charge in [-0.05, 0) is 6.07 Å². The SMILES string of the molecule is CC(=O)N[C@@H]1[C@@H](Oc2ccccc2[N+](=O)[O-])O[C@@H](CO)[C@@H](O)[C@H]1O. The molecule has 1 amide bonds. The topological polar surface area (TPSA) is 151 Å². The number of amides is 1. The first-order chi connectivity index (χ1) is 11.3. The number of aliphatic hydroxyl groups is 3. The van der Waals surface area contributed by atoms with Crippen LogP contribution in [0.25, 0.3) is 0 Å². The van der Waals surface area contributed by atoms with Crippen molar-refractivity contribution < 1.29 is 34.5 Å². The summed E-state index contributed by atoms with van der Waals surface area (Å²) in [5, 5.41) is 42.7. The number of nitrogens with one attached hydrogen (secondary N) is 1. The predicted octanol–water partition coefficient (Wildman–Crippen LogP) is -1.08. The minimum Gasteiger partial charge on any atom is -0.455 e. The molecular formula is C14H18N2O8. The molecule has 10 heteroatoms. The first-order valence-electron chi connectivity index (χ1n) is 7.14. The molecule has 2 rings (SSSR count). The molecule has 1 heterocycles. The molecule has 0 aliphatic carbocycles. The van der Waals surface area contributed by atoms with Crippen molar-refractivity contribution in [3.63, 3.8) is 0 Å². The highest BCUT2D eigenvalue weighted by Crippen LogP contribution is 2.30. The summed E-state index contributed by atoms with van der Waals surface area (Å²) in [6.07, 6.45) is -5.46. The van der Waals surface area contributed by atoms with Crippen molar-refractivity contribution in [2.24, 2.45) is 0 Å². The van der Waals surface area contributed by atoms with E-state index >= 15 is 0 Å². The summed E-state index contributed by atoms with van der Waals surface area (Å²) in [4.78, 5) is 21.7. The van der Waals surface area contributed by atoms with Gasteiger partial charge in [-0.15, -0.1) is 0 Å². The first kappa shape index (κ1) is 18.1. The van der Waals surface area contributed by atoms with Gasteiger partial charge in [-0.2, -0.15) is 0 Å². The molecule has 0 aromatic heterocycles. The van der Waals surface area contributed by atoms with Crippen molar-refractivity contribution in [1.29, 1.82) is 0 Å². The van der Waals surface area contributed by atoms with E-state index in [0.717, 1.165) is 0 Å². The van der Waals surface area contributed by atoms with Crippen LogP contribution in [0.2, 0.25) is 0 Å². The van der Waals surface area contributed by atoms with E-state index < -0.39 is 48.1 Å². The van der Waals surface area contributed by atoms with Crippen molar-refractivity contribution >= 4 is 11.6 Å². The lowest BCUT2D eigenvalue weighted by molar-refractivity contribution is -0.386. The average Bonchev–Trinajstić information content (AvgIpc) is 2.54. The molecule has 1 fully saturated rings. The zero-order valence-electron chi connectivity index (χ0n) is 12.7. The van der Waals surface area contributed by atoms with Gasteiger partial charge in [-0.3, -0.25) is 14.9 Å². The van der Waals surface area contributed by atoms with Crippen LogP contribution in [-0.2, 0) is 9.53 Å². The lowest BCUT2D eigenvalue weighted by atomic mass is 9.97. The molecule has 4 N–H and O–H groups in total. The Morgan fingerprint density at radius 2 is 2.04 bits per heavy atom. The van der Waals surface area contributed by atoms with Crippen LogP contribution in [0.4, 0.5) is 5.69 Å². The Morgan fingerprint density at radius 3 is 2.62 bits per heavy atom. The number of hydrogen-bond acceptors (Lipinski definition) is 8. The molecule has 1 aliphatic heterocycles. The average molecular weight is 342 g/mol. The van der Waals surface area contributed by atoms with E-state index in [9.17, 15) is 30.2 Å². The third-order valence-corrected chi connectivity index (χ3v) is 3.56. The highest BCUT2D eigenvalue weighted by Gasteiger charge is 2.46. The van der Waals surface area contributed by atoms with E-state index in [1.807, 2.05) is 0 Å². The van der Waals surface area contributed by atoms with Gasteiger partial charge in [0.2, 0.25) is 12.2 Å². The van der Waals surface area contributed by atoms with Gasteiger partial charge in [0.1, 0.15) is 24.4 Å². The second-order valence-corrected chi connectivity index (χ2v) is 5.28. The summed E-state index contributed by atoms with van der Waals surface area (Å²) in [5.74, 6) is -0.656. The summed E-state index contributed by atoms with van der Waals surface area (Å²) >= 11 is 0. The van der Waals surface area contributed by atoms with Crippen molar-refractivity contribution in [3.8, 4) is 5.75 Å². The number of benzene rings is 1. The van der Waals surface area contributed by atoms with Crippen molar-refractivity contribution in [2.75, 3.05) is 6.61 Å². The van der Waals surface area contributed by atoms with Crippen LogP contribution in [0.15, 0.2) is 24.3 Å². The number of rotatable bonds is 5. The fourth-order valence-corrected chi connectivity index (χ4v) is 2.40. The minimum atomic E-state index is -1.49. The Bertz CT molecular complexity index is 610. The number of aliphatic hydroxyl groups excluding tert-OH is 3. The van der Waals surface area contributed by atoms with Gasteiger partial charge in [-0.1, -0.05) is 12.1 Å². The maximum atomic E-state index is 11.3. The zero-order chi connectivity index (χ0) is 17.9. The summed E-state index contributed by atoms with van der Waals surface area (Å²) < 4.78 is 10.8. The van der Waals surface area contributed by atoms with Gasteiger partial charge in [-0.25, -0.2) is 0 Å². The largest absolute Gasteiger partial charge is 0.455 e. The summed E-state index contributed by atoms with van der Waals surface area (Å²) in [6, 6.07) is 4.33. The summed E-state index contributed by atoms with van der Waals surface area (Å²) in [7, 11) is 0. The third-order valence-electron chi connectivity index (χ3n) is 3.56. The smallest absolute Gasteiger partial charge is 0.311 e. The van der Waals surface area contributed by atoms with Gasteiger partial charge in [0.05, 0.1) is 11.5 Å². The van der Waals surface area contributed by atoms with Crippen LogP contribution in [0.3, 0.4) is 0 Å². The molecule has 0 bridgehead atoms. The fraction of sp³-hybridized carbons (Fsp3) is 0.500. The van der Waals surface area contributed by atoms with E-state index in [2.05, 4.69) is 5.32 Å². The molecule has 24 heavy (non-hydrogen) atoms. The molecule has 0 radical (unpaired) electrons. The van der Waals surface area contributed by atoms with Gasteiger partial charge >= 0.3 is 5.69 Å². The van der Waals surface area contributed by atoms with E-state index in [1.165, 1.54) is 31.2 Å². The quantitative estimate of drug-likeness (QED) is 0.389. The highest BCUT2D eigenvalue weighted by atomic mass is 16.7. The highest BCUT2D eigenvalue weighted by molar-refractivity contribution is 5.73. The maximum absolute atomic E-state index is 11.3. The summed E-state index contributed by atoms with van der Waals surface area (Å²) in [6.45, 7) is 0.584. The van der Waals surface area contributed by atoms with Crippen LogP contribution in [-0.4, -0.2) is 63.4 Å². The number of para-hydroxylation sites is 2. The van der Waals surface area contributed by atoms with Crippen LogP contribution in [0, 0.1) is 10.1 Å². The third kappa shape index (κ3) is 3.79. The second-order valence-electron chi connectivity index (χ2n) is 5.28. The van der Waals surface area contributed by atoms with Gasteiger partial charge < -0.3 is 30.1 Å². The molecular weight excluding hydrogens is 324 g/mol. The zero-order valence-corrected chi connectivity index (χ0v) is 12.7. The number of nitro benzene ring substituents is 1. The molecule has 1 aliphatic rings. The van der Waals surface area contributed by atoms with Crippen molar-refractivity contribution in [1.82, 2.24) is 5.32 Å². The Hall–Kier alpha value is -2.27. The lowest BCUT2D eigenvalue weighted by Crippen LogP contribution is -2.65. The molecule has 132 valence electrons. The molecule has 0 saturated carbocycles. The van der Waals surface area contributed by atoms with Crippen LogP contribution < -0.4 is 10.1 Å². The second kappa shape index (κ2) is 7.53. The van der Waals surface area contributed by atoms with Crippen molar-refractivity contribution in [3.05, 3.63) is 34.4 Å². The maximum Gasteiger partial charge on any atom is 0.311 e. The van der Waals surface area contributed by atoms with Crippen LogP contribution in [0.5, 0.6) is 5.75 Å². The number of carbonyl (C=O) groups is 1. The van der Waals surface area contributed by atoms with Gasteiger partial charge in [0, 0.05) is 13.0 Å². The number of carbonyl (C=O) groups excluding carboxylic acids is 1. The Labute approximate surface area is 136 Å². The standard InChI is InChI=1S/C14H18N2O8/c1-7(18)15-11-13(20)12(19)10(6-17)24-14(11)23-9-5-3-2-4-8(9)16(21)22/h2-5,10-14,17,19-20H,6H2,1H3,(H,15,18)/t10-,11-,12+,13-,14-/m0/s1. The number of nitrogens with zero attached hydrogens (tertiary/aromatic N) is 1. The number of nitro groups is 1. The summed E-state index contributed by atoms with van der Waals surface area (Å²) in [5.41, 5.74) is -0.330. The molecule has 1 aromatic rings.